The summed E-state index contributed by atoms with van der Waals surface area (Å²) in [6.45, 7) is 2.39. The Hall–Kier alpha value is -2.63. The Balaban J connectivity index is 1.67. The quantitative estimate of drug-likeness (QED) is 0.813. The van der Waals surface area contributed by atoms with E-state index in [1.54, 1.807) is 13.0 Å². The normalized spacial score (nSPS) is 14.9. The van der Waals surface area contributed by atoms with Gasteiger partial charge in [-0.3, -0.25) is 9.59 Å². The highest BCUT2D eigenvalue weighted by Crippen LogP contribution is 2.27. The minimum Gasteiger partial charge on any atom is -0.361 e. The number of aromatic nitrogens is 1. The molecule has 1 fully saturated rings. The molecule has 1 aliphatic carbocycles. The van der Waals surface area contributed by atoms with Crippen molar-refractivity contribution < 1.29 is 14.1 Å². The molecular formula is C18H21N3O3. The van der Waals surface area contributed by atoms with Gasteiger partial charge in [-0.2, -0.15) is 0 Å². The number of benzene rings is 1. The van der Waals surface area contributed by atoms with Crippen LogP contribution in [0.2, 0.25) is 0 Å². The lowest BCUT2D eigenvalue weighted by Gasteiger charge is -2.18. The van der Waals surface area contributed by atoms with Gasteiger partial charge in [0.1, 0.15) is 11.8 Å². The van der Waals surface area contributed by atoms with E-state index in [4.69, 9.17) is 4.52 Å². The van der Waals surface area contributed by atoms with Crippen LogP contribution in [0.1, 0.15) is 34.7 Å². The molecule has 1 unspecified atom stereocenters. The molecule has 1 atom stereocenters. The van der Waals surface area contributed by atoms with Gasteiger partial charge in [-0.1, -0.05) is 35.5 Å². The van der Waals surface area contributed by atoms with Crippen LogP contribution < -0.4 is 10.6 Å². The number of amides is 2. The van der Waals surface area contributed by atoms with Crippen molar-refractivity contribution in [1.82, 2.24) is 15.8 Å². The third-order valence-electron chi connectivity index (χ3n) is 4.03. The third kappa shape index (κ3) is 4.44. The summed E-state index contributed by atoms with van der Waals surface area (Å²) in [6.07, 6.45) is 2.75. The zero-order valence-electron chi connectivity index (χ0n) is 13.6. The molecule has 3 rings (SSSR count). The van der Waals surface area contributed by atoms with Gasteiger partial charge in [0.2, 0.25) is 5.91 Å². The number of hydrogen-bond donors (Lipinski definition) is 2. The highest BCUT2D eigenvalue weighted by atomic mass is 16.5. The minimum absolute atomic E-state index is 0.167. The lowest BCUT2D eigenvalue weighted by Crippen LogP contribution is -2.48. The first-order valence-electron chi connectivity index (χ1n) is 8.17. The molecule has 6 nitrogen and oxygen atoms in total. The SMILES string of the molecule is Cc1cc(C(=O)NC(Cc2ccccc2)C(=O)NCC2CC2)no1. The summed E-state index contributed by atoms with van der Waals surface area (Å²) in [5.41, 5.74) is 1.17. The van der Waals surface area contributed by atoms with E-state index < -0.39 is 11.9 Å². The Bertz CT molecular complexity index is 707. The predicted molar refractivity (Wildman–Crippen MR) is 88.4 cm³/mol. The molecule has 0 bridgehead atoms. The number of hydrogen-bond acceptors (Lipinski definition) is 4. The molecule has 0 aliphatic heterocycles. The fourth-order valence-electron chi connectivity index (χ4n) is 2.45. The van der Waals surface area contributed by atoms with Gasteiger partial charge >= 0.3 is 0 Å². The molecule has 0 radical (unpaired) electrons. The largest absolute Gasteiger partial charge is 0.361 e. The zero-order chi connectivity index (χ0) is 16.9. The topological polar surface area (TPSA) is 84.2 Å². The monoisotopic (exact) mass is 327 g/mol. The maximum Gasteiger partial charge on any atom is 0.274 e. The van der Waals surface area contributed by atoms with E-state index >= 15 is 0 Å². The van der Waals surface area contributed by atoms with Crippen LogP contribution in [0.5, 0.6) is 0 Å². The molecule has 24 heavy (non-hydrogen) atoms. The Kier molecular flexibility index (Phi) is 4.93. The molecule has 1 aliphatic rings. The molecule has 1 heterocycles. The van der Waals surface area contributed by atoms with Gasteiger partial charge in [-0.05, 0) is 31.2 Å². The molecule has 2 amide bonds. The van der Waals surface area contributed by atoms with E-state index in [9.17, 15) is 9.59 Å². The summed E-state index contributed by atoms with van der Waals surface area (Å²) >= 11 is 0. The van der Waals surface area contributed by atoms with Crippen molar-refractivity contribution >= 4 is 11.8 Å². The van der Waals surface area contributed by atoms with Gasteiger partial charge in [0, 0.05) is 19.0 Å². The van der Waals surface area contributed by atoms with Gasteiger partial charge in [0.15, 0.2) is 5.69 Å². The Labute approximate surface area is 140 Å². The highest BCUT2D eigenvalue weighted by molar-refractivity contribution is 5.96. The Morgan fingerprint density at radius 1 is 1.29 bits per heavy atom. The van der Waals surface area contributed by atoms with Crippen molar-refractivity contribution in [1.29, 1.82) is 0 Å². The minimum atomic E-state index is -0.643. The summed E-state index contributed by atoms with van der Waals surface area (Å²) in [5, 5.41) is 9.40. The maximum atomic E-state index is 12.5. The highest BCUT2D eigenvalue weighted by Gasteiger charge is 2.26. The van der Waals surface area contributed by atoms with Gasteiger partial charge in [-0.15, -0.1) is 0 Å². The second-order valence-corrected chi connectivity index (χ2v) is 6.23. The van der Waals surface area contributed by atoms with Crippen molar-refractivity contribution in [3.8, 4) is 0 Å². The van der Waals surface area contributed by atoms with Crippen molar-refractivity contribution in [2.24, 2.45) is 5.92 Å². The van der Waals surface area contributed by atoms with Crippen LogP contribution in [-0.4, -0.2) is 29.6 Å². The first-order valence-corrected chi connectivity index (χ1v) is 8.17. The summed E-state index contributed by atoms with van der Waals surface area (Å²) in [5.74, 6) is 0.562. The summed E-state index contributed by atoms with van der Waals surface area (Å²) in [6, 6.07) is 10.5. The van der Waals surface area contributed by atoms with Crippen LogP contribution in [-0.2, 0) is 11.2 Å². The fourth-order valence-corrected chi connectivity index (χ4v) is 2.45. The molecule has 1 aromatic carbocycles. The smallest absolute Gasteiger partial charge is 0.274 e. The van der Waals surface area contributed by atoms with Gasteiger partial charge in [0.25, 0.3) is 5.91 Å². The lowest BCUT2D eigenvalue weighted by molar-refractivity contribution is -0.123. The number of rotatable bonds is 7. The van der Waals surface area contributed by atoms with Crippen LogP contribution in [0.4, 0.5) is 0 Å². The summed E-state index contributed by atoms with van der Waals surface area (Å²) < 4.78 is 4.92. The second kappa shape index (κ2) is 7.29. The maximum absolute atomic E-state index is 12.5. The van der Waals surface area contributed by atoms with E-state index in [1.807, 2.05) is 30.3 Å². The number of nitrogens with zero attached hydrogens (tertiary/aromatic N) is 1. The first-order chi connectivity index (χ1) is 11.6. The van der Waals surface area contributed by atoms with E-state index in [2.05, 4.69) is 15.8 Å². The number of carbonyl (C=O) groups excluding carboxylic acids is 2. The van der Waals surface area contributed by atoms with E-state index in [0.29, 0.717) is 24.6 Å². The Morgan fingerprint density at radius 3 is 2.67 bits per heavy atom. The lowest BCUT2D eigenvalue weighted by atomic mass is 10.0. The second-order valence-electron chi connectivity index (χ2n) is 6.23. The van der Waals surface area contributed by atoms with E-state index in [0.717, 1.165) is 18.4 Å². The molecule has 6 heteroatoms. The number of aryl methyl sites for hydroxylation is 1. The first kappa shape index (κ1) is 16.2. The van der Waals surface area contributed by atoms with Gasteiger partial charge in [0.05, 0.1) is 0 Å². The van der Waals surface area contributed by atoms with Crippen LogP contribution in [0.15, 0.2) is 40.9 Å². The average Bonchev–Trinajstić information content (AvgIpc) is 3.32. The van der Waals surface area contributed by atoms with Crippen molar-refractivity contribution in [2.45, 2.75) is 32.2 Å². The molecule has 1 saturated carbocycles. The van der Waals surface area contributed by atoms with E-state index in [-0.39, 0.29) is 11.6 Å². The molecular weight excluding hydrogens is 306 g/mol. The molecule has 0 spiro atoms. The van der Waals surface area contributed by atoms with Crippen molar-refractivity contribution in [2.75, 3.05) is 6.54 Å². The third-order valence-corrected chi connectivity index (χ3v) is 4.03. The van der Waals surface area contributed by atoms with E-state index in [1.165, 1.54) is 0 Å². The van der Waals surface area contributed by atoms with Crippen LogP contribution in [0.3, 0.4) is 0 Å². The molecule has 126 valence electrons. The number of nitrogens with one attached hydrogen (secondary N) is 2. The fraction of sp³-hybridized carbons (Fsp3) is 0.389. The standard InChI is InChI=1S/C18H21N3O3/c1-12-9-16(21-24-12)18(23)20-15(10-13-5-3-2-4-6-13)17(22)19-11-14-7-8-14/h2-6,9,14-15H,7-8,10-11H2,1H3,(H,19,22)(H,20,23). The van der Waals surface area contributed by atoms with Crippen LogP contribution >= 0.6 is 0 Å². The summed E-state index contributed by atoms with van der Waals surface area (Å²) in [4.78, 5) is 24.8. The molecule has 1 aromatic heterocycles. The average molecular weight is 327 g/mol. The molecule has 0 saturated heterocycles. The summed E-state index contributed by atoms with van der Waals surface area (Å²) in [7, 11) is 0. The Morgan fingerprint density at radius 2 is 2.04 bits per heavy atom. The zero-order valence-corrected chi connectivity index (χ0v) is 13.6. The predicted octanol–water partition coefficient (Wildman–Crippen LogP) is 1.85. The molecule has 2 N–H and O–H groups in total. The van der Waals surface area contributed by atoms with Crippen LogP contribution in [0, 0.1) is 12.8 Å². The molecule has 2 aromatic rings. The van der Waals surface area contributed by atoms with Crippen LogP contribution in [0.25, 0.3) is 0 Å². The number of carbonyl (C=O) groups is 2. The van der Waals surface area contributed by atoms with Crippen molar-refractivity contribution in [3.05, 3.63) is 53.4 Å². The van der Waals surface area contributed by atoms with Gasteiger partial charge < -0.3 is 15.2 Å². The van der Waals surface area contributed by atoms with Crippen molar-refractivity contribution in [3.63, 3.8) is 0 Å². The van der Waals surface area contributed by atoms with Gasteiger partial charge in [-0.25, -0.2) is 0 Å².